The number of carbonyl (C=O) groups is 2. The maximum absolute atomic E-state index is 13.9. The second kappa shape index (κ2) is 9.86. The number of nitrogens with zero attached hydrogens (tertiary/aromatic N) is 1. The fourth-order valence-electron chi connectivity index (χ4n) is 5.17. The van der Waals surface area contributed by atoms with Gasteiger partial charge < -0.3 is 10.1 Å². The van der Waals surface area contributed by atoms with E-state index in [9.17, 15) is 9.59 Å². The van der Waals surface area contributed by atoms with Crippen LogP contribution in [0.5, 0.6) is 0 Å². The molecule has 5 nitrogen and oxygen atoms in total. The highest BCUT2D eigenvalue weighted by atomic mass is 32.1. The van der Waals surface area contributed by atoms with E-state index in [1.165, 1.54) is 23.3 Å². The van der Waals surface area contributed by atoms with Crippen LogP contribution >= 0.6 is 11.3 Å². The van der Waals surface area contributed by atoms with E-state index in [-0.39, 0.29) is 5.91 Å². The molecule has 2 aromatic carbocycles. The Morgan fingerprint density at radius 3 is 2.56 bits per heavy atom. The SMILES string of the molecule is CCC1CCc2c(sc(NC(=O)c3c(C)c(-c4ccc(C)cc4)nc4ccccc34)c2C(=O)OC)C1. The summed E-state index contributed by atoms with van der Waals surface area (Å²) in [7, 11) is 1.39. The minimum Gasteiger partial charge on any atom is -0.465 e. The molecule has 1 unspecified atom stereocenters. The van der Waals surface area contributed by atoms with Crippen molar-refractivity contribution in [1.29, 1.82) is 0 Å². The van der Waals surface area contributed by atoms with Gasteiger partial charge in [0, 0.05) is 15.8 Å². The van der Waals surface area contributed by atoms with Gasteiger partial charge in [0.25, 0.3) is 5.91 Å². The van der Waals surface area contributed by atoms with E-state index >= 15 is 0 Å². The molecule has 0 fully saturated rings. The third-order valence-electron chi connectivity index (χ3n) is 7.25. The maximum atomic E-state index is 13.9. The van der Waals surface area contributed by atoms with Gasteiger partial charge in [0.05, 0.1) is 29.4 Å². The predicted molar refractivity (Wildman–Crippen MR) is 146 cm³/mol. The third-order valence-corrected chi connectivity index (χ3v) is 8.42. The van der Waals surface area contributed by atoms with Crippen molar-refractivity contribution >= 4 is 39.1 Å². The van der Waals surface area contributed by atoms with Gasteiger partial charge in [-0.25, -0.2) is 9.78 Å². The first kappa shape index (κ1) is 24.2. The fraction of sp³-hybridized carbons (Fsp3) is 0.300. The van der Waals surface area contributed by atoms with E-state index in [1.54, 1.807) is 0 Å². The summed E-state index contributed by atoms with van der Waals surface area (Å²) in [5, 5.41) is 4.47. The van der Waals surface area contributed by atoms with Gasteiger partial charge in [-0.05, 0) is 56.2 Å². The second-order valence-corrected chi connectivity index (χ2v) is 10.6. The van der Waals surface area contributed by atoms with Gasteiger partial charge in [-0.2, -0.15) is 0 Å². The number of nitrogens with one attached hydrogen (secondary N) is 1. The minimum absolute atomic E-state index is 0.241. The van der Waals surface area contributed by atoms with Crippen LogP contribution in [0, 0.1) is 19.8 Å². The lowest BCUT2D eigenvalue weighted by atomic mass is 9.85. The fourth-order valence-corrected chi connectivity index (χ4v) is 6.51. The summed E-state index contributed by atoms with van der Waals surface area (Å²) in [5.74, 6) is -0.0293. The summed E-state index contributed by atoms with van der Waals surface area (Å²) in [5.41, 5.74) is 6.59. The average molecular weight is 499 g/mol. The molecule has 1 N–H and O–H groups in total. The number of benzene rings is 2. The number of para-hydroxylation sites is 1. The summed E-state index contributed by atoms with van der Waals surface area (Å²) in [4.78, 5) is 32.8. The predicted octanol–water partition coefficient (Wildman–Crippen LogP) is 7.13. The third kappa shape index (κ3) is 4.30. The Bertz CT molecular complexity index is 1470. The van der Waals surface area contributed by atoms with Crippen molar-refractivity contribution < 1.29 is 14.3 Å². The highest BCUT2D eigenvalue weighted by molar-refractivity contribution is 7.17. The van der Waals surface area contributed by atoms with Crippen molar-refractivity contribution in [1.82, 2.24) is 4.98 Å². The smallest absolute Gasteiger partial charge is 0.341 e. The van der Waals surface area contributed by atoms with Gasteiger partial charge in [-0.15, -0.1) is 11.3 Å². The van der Waals surface area contributed by atoms with Crippen molar-refractivity contribution in [2.24, 2.45) is 5.92 Å². The number of amides is 1. The molecular weight excluding hydrogens is 468 g/mol. The molecule has 4 aromatic rings. The summed E-state index contributed by atoms with van der Waals surface area (Å²) >= 11 is 1.51. The van der Waals surface area contributed by atoms with Crippen LogP contribution in [0.1, 0.15) is 62.0 Å². The van der Waals surface area contributed by atoms with Gasteiger partial charge in [0.2, 0.25) is 0 Å². The number of hydrogen-bond acceptors (Lipinski definition) is 5. The van der Waals surface area contributed by atoms with Crippen LogP contribution in [0.25, 0.3) is 22.2 Å². The van der Waals surface area contributed by atoms with Crippen LogP contribution in [0.2, 0.25) is 0 Å². The Labute approximate surface area is 215 Å². The minimum atomic E-state index is -0.394. The molecule has 0 saturated carbocycles. The Morgan fingerprint density at radius 2 is 1.83 bits per heavy atom. The molecule has 184 valence electrons. The van der Waals surface area contributed by atoms with E-state index in [2.05, 4.69) is 12.2 Å². The van der Waals surface area contributed by atoms with E-state index < -0.39 is 5.97 Å². The first-order valence-electron chi connectivity index (χ1n) is 12.4. The number of ether oxygens (including phenoxy) is 1. The van der Waals surface area contributed by atoms with Crippen LogP contribution in [0.4, 0.5) is 5.00 Å². The number of aryl methyl sites for hydroxylation is 1. The van der Waals surface area contributed by atoms with E-state index in [0.29, 0.717) is 22.0 Å². The van der Waals surface area contributed by atoms with Crippen LogP contribution < -0.4 is 5.32 Å². The molecule has 0 radical (unpaired) electrons. The molecule has 1 amide bonds. The molecule has 1 aliphatic carbocycles. The van der Waals surface area contributed by atoms with E-state index in [4.69, 9.17) is 9.72 Å². The molecule has 0 bridgehead atoms. The highest BCUT2D eigenvalue weighted by Gasteiger charge is 2.30. The summed E-state index contributed by atoms with van der Waals surface area (Å²) in [6, 6.07) is 15.9. The highest BCUT2D eigenvalue weighted by Crippen LogP contribution is 2.41. The Balaban J connectivity index is 1.61. The zero-order chi connectivity index (χ0) is 25.4. The average Bonchev–Trinajstić information content (AvgIpc) is 3.25. The first-order valence-corrected chi connectivity index (χ1v) is 13.2. The van der Waals surface area contributed by atoms with Crippen LogP contribution in [-0.2, 0) is 17.6 Å². The molecular formula is C30H30N2O3S. The van der Waals surface area contributed by atoms with Crippen molar-refractivity contribution in [3.63, 3.8) is 0 Å². The summed E-state index contributed by atoms with van der Waals surface area (Å²) in [6.45, 7) is 6.19. The monoisotopic (exact) mass is 498 g/mol. The Morgan fingerprint density at radius 1 is 1.08 bits per heavy atom. The largest absolute Gasteiger partial charge is 0.465 e. The second-order valence-electron chi connectivity index (χ2n) is 9.51. The molecule has 0 aliphatic heterocycles. The molecule has 2 heterocycles. The number of thiophene rings is 1. The number of methoxy groups -OCH3 is 1. The van der Waals surface area contributed by atoms with Gasteiger partial charge in [0.15, 0.2) is 0 Å². The van der Waals surface area contributed by atoms with Crippen molar-refractivity contribution in [3.05, 3.63) is 81.2 Å². The molecule has 5 rings (SSSR count). The number of esters is 1. The number of aromatic nitrogens is 1. The van der Waals surface area contributed by atoms with Crippen LogP contribution in [0.15, 0.2) is 48.5 Å². The summed E-state index contributed by atoms with van der Waals surface area (Å²) < 4.78 is 5.13. The molecule has 0 spiro atoms. The molecule has 0 saturated heterocycles. The first-order chi connectivity index (χ1) is 17.4. The topological polar surface area (TPSA) is 68.3 Å². The standard InChI is InChI=1S/C30H30N2O3S/c1-5-19-12-15-22-24(16-19)36-29(26(22)30(34)35-4)32-28(33)25-18(3)27(20-13-10-17(2)11-14-20)31-23-9-7-6-8-21(23)25/h6-11,13-14,19H,5,12,15-16H2,1-4H3,(H,32,33). The molecule has 36 heavy (non-hydrogen) atoms. The quantitative estimate of drug-likeness (QED) is 0.297. The van der Waals surface area contributed by atoms with Crippen molar-refractivity contribution in [2.45, 2.75) is 46.5 Å². The summed E-state index contributed by atoms with van der Waals surface area (Å²) in [6.07, 6.45) is 3.92. The Kier molecular flexibility index (Phi) is 6.63. The van der Waals surface area contributed by atoms with Gasteiger partial charge in [-0.3, -0.25) is 4.79 Å². The maximum Gasteiger partial charge on any atom is 0.341 e. The molecule has 2 aromatic heterocycles. The molecule has 1 atom stereocenters. The number of hydrogen-bond donors (Lipinski definition) is 1. The number of pyridine rings is 1. The zero-order valence-electron chi connectivity index (χ0n) is 21.1. The Hall–Kier alpha value is -3.51. The number of carbonyl (C=O) groups excluding carboxylic acids is 2. The van der Waals surface area contributed by atoms with Crippen molar-refractivity contribution in [3.8, 4) is 11.3 Å². The molecule has 6 heteroatoms. The number of anilines is 1. The van der Waals surface area contributed by atoms with Crippen LogP contribution in [-0.4, -0.2) is 24.0 Å². The van der Waals surface area contributed by atoms with E-state index in [1.807, 2.05) is 62.4 Å². The van der Waals surface area contributed by atoms with Gasteiger partial charge >= 0.3 is 5.97 Å². The molecule has 1 aliphatic rings. The van der Waals surface area contributed by atoms with Gasteiger partial charge in [-0.1, -0.05) is 61.4 Å². The van der Waals surface area contributed by atoms with Crippen molar-refractivity contribution in [2.75, 3.05) is 12.4 Å². The van der Waals surface area contributed by atoms with E-state index in [0.717, 1.165) is 64.5 Å². The number of rotatable bonds is 5. The zero-order valence-corrected chi connectivity index (χ0v) is 21.9. The lowest BCUT2D eigenvalue weighted by Crippen LogP contribution is -2.18. The number of fused-ring (bicyclic) bond motifs is 2. The van der Waals surface area contributed by atoms with Crippen LogP contribution in [0.3, 0.4) is 0 Å². The van der Waals surface area contributed by atoms with Gasteiger partial charge in [0.1, 0.15) is 5.00 Å². The normalized spacial score (nSPS) is 14.9. The lowest BCUT2D eigenvalue weighted by Gasteiger charge is -2.20. The lowest BCUT2D eigenvalue weighted by molar-refractivity contribution is 0.0601.